The van der Waals surface area contributed by atoms with Crippen molar-refractivity contribution in [1.82, 2.24) is 0 Å². The van der Waals surface area contributed by atoms with Crippen molar-refractivity contribution >= 4 is 21.8 Å². The average Bonchev–Trinajstić information content (AvgIpc) is 2.45. The zero-order chi connectivity index (χ0) is 19.0. The maximum Gasteiger partial charge on any atom is 0.534 e. The van der Waals surface area contributed by atoms with Crippen LogP contribution in [0.3, 0.4) is 0 Å². The summed E-state index contributed by atoms with van der Waals surface area (Å²) in [4.78, 5) is 11.2. The summed E-state index contributed by atoms with van der Waals surface area (Å²) in [7, 11) is -5.74. The molecule has 0 heterocycles. The number of carboxylic acid groups (broad SMARTS) is 1. The van der Waals surface area contributed by atoms with Crippen LogP contribution in [0.2, 0.25) is 0 Å². The van der Waals surface area contributed by atoms with Gasteiger partial charge in [-0.2, -0.15) is 21.6 Å². The Kier molecular flexibility index (Phi) is 4.91. The van der Waals surface area contributed by atoms with Gasteiger partial charge in [-0.1, -0.05) is 18.2 Å². The zero-order valence-electron chi connectivity index (χ0n) is 13.6. The summed E-state index contributed by atoms with van der Waals surface area (Å²) in [6.45, 7) is 3.14. The Labute approximate surface area is 143 Å². The summed E-state index contributed by atoms with van der Waals surface area (Å²) < 4.78 is 64.2. The Morgan fingerprint density at radius 2 is 1.92 bits per heavy atom. The van der Waals surface area contributed by atoms with Gasteiger partial charge in [0.1, 0.15) is 5.76 Å². The normalized spacial score (nSPS) is 15.3. The highest BCUT2D eigenvalue weighted by atomic mass is 32.2. The van der Waals surface area contributed by atoms with E-state index in [1.165, 1.54) is 12.1 Å². The second kappa shape index (κ2) is 6.36. The molecule has 0 amide bonds. The van der Waals surface area contributed by atoms with Crippen LogP contribution in [0, 0.1) is 5.41 Å². The molecule has 0 bridgehead atoms. The molecule has 0 unspecified atom stereocenters. The Morgan fingerprint density at radius 3 is 2.48 bits per heavy atom. The van der Waals surface area contributed by atoms with Crippen molar-refractivity contribution < 1.29 is 35.7 Å². The van der Waals surface area contributed by atoms with E-state index >= 15 is 0 Å². The summed E-state index contributed by atoms with van der Waals surface area (Å²) in [5.74, 6) is -1.33. The summed E-state index contributed by atoms with van der Waals surface area (Å²) >= 11 is 0. The van der Waals surface area contributed by atoms with E-state index in [1.54, 1.807) is 26.0 Å². The lowest BCUT2D eigenvalue weighted by Gasteiger charge is -2.22. The first-order valence-corrected chi connectivity index (χ1v) is 8.81. The molecule has 1 aromatic carbocycles. The van der Waals surface area contributed by atoms with Gasteiger partial charge in [-0.05, 0) is 50.3 Å². The lowest BCUT2D eigenvalue weighted by Crippen LogP contribution is -2.26. The van der Waals surface area contributed by atoms with Crippen molar-refractivity contribution in [2.24, 2.45) is 5.41 Å². The van der Waals surface area contributed by atoms with Gasteiger partial charge < -0.3 is 9.29 Å². The van der Waals surface area contributed by atoms with Crippen LogP contribution in [-0.2, 0) is 31.9 Å². The number of rotatable bonds is 5. The van der Waals surface area contributed by atoms with Gasteiger partial charge in [0.15, 0.2) is 0 Å². The molecule has 0 fully saturated rings. The summed E-state index contributed by atoms with van der Waals surface area (Å²) in [5.41, 5.74) is -4.93. The Morgan fingerprint density at radius 1 is 1.28 bits per heavy atom. The van der Waals surface area contributed by atoms with Gasteiger partial charge in [0.2, 0.25) is 0 Å². The van der Waals surface area contributed by atoms with Gasteiger partial charge in [-0.25, -0.2) is 0 Å². The van der Waals surface area contributed by atoms with E-state index in [9.17, 15) is 31.5 Å². The third-order valence-corrected chi connectivity index (χ3v) is 4.85. The number of allylic oxidation sites excluding steroid dienone is 1. The van der Waals surface area contributed by atoms with Crippen molar-refractivity contribution in [3.05, 3.63) is 41.0 Å². The molecular weight excluding hydrogens is 361 g/mol. The van der Waals surface area contributed by atoms with Gasteiger partial charge in [-0.15, -0.1) is 0 Å². The molecule has 0 radical (unpaired) electrons. The predicted octanol–water partition coefficient (Wildman–Crippen LogP) is 3.49. The molecule has 1 aliphatic rings. The van der Waals surface area contributed by atoms with Gasteiger partial charge in [0.05, 0.1) is 5.41 Å². The fraction of sp³-hybridized carbons (Fsp3) is 0.438. The molecule has 5 nitrogen and oxygen atoms in total. The molecule has 0 aliphatic heterocycles. The molecule has 0 saturated heterocycles. The highest BCUT2D eigenvalue weighted by molar-refractivity contribution is 7.87. The van der Waals surface area contributed by atoms with E-state index in [1.807, 2.05) is 0 Å². The number of aryl methyl sites for hydroxylation is 1. The molecule has 0 spiro atoms. The summed E-state index contributed by atoms with van der Waals surface area (Å²) in [6.07, 6.45) is 2.35. The molecule has 0 atom stereocenters. The zero-order valence-corrected chi connectivity index (χ0v) is 14.4. The van der Waals surface area contributed by atoms with Crippen LogP contribution in [0.5, 0.6) is 0 Å². The van der Waals surface area contributed by atoms with Crippen molar-refractivity contribution in [3.63, 3.8) is 0 Å². The average molecular weight is 378 g/mol. The van der Waals surface area contributed by atoms with Crippen molar-refractivity contribution in [2.75, 3.05) is 0 Å². The molecule has 1 aromatic rings. The number of carbonyl (C=O) groups is 1. The number of fused-ring (bicyclic) bond motifs is 1. The molecule has 2 rings (SSSR count). The predicted molar refractivity (Wildman–Crippen MR) is 83.9 cm³/mol. The number of benzene rings is 1. The minimum absolute atomic E-state index is 0.233. The minimum Gasteiger partial charge on any atom is -0.481 e. The van der Waals surface area contributed by atoms with Gasteiger partial charge in [0, 0.05) is 5.56 Å². The number of aliphatic carboxylic acids is 1. The van der Waals surface area contributed by atoms with Crippen LogP contribution in [0.1, 0.15) is 37.0 Å². The second-order valence-corrected chi connectivity index (χ2v) is 7.99. The molecule has 0 saturated carbocycles. The van der Waals surface area contributed by atoms with Crippen molar-refractivity contribution in [3.8, 4) is 0 Å². The first-order chi connectivity index (χ1) is 11.3. The van der Waals surface area contributed by atoms with E-state index in [0.29, 0.717) is 24.0 Å². The fourth-order valence-electron chi connectivity index (χ4n) is 2.50. The lowest BCUT2D eigenvalue weighted by molar-refractivity contribution is -0.146. The number of carboxylic acids is 1. The first-order valence-electron chi connectivity index (χ1n) is 7.40. The molecule has 0 aromatic heterocycles. The SMILES string of the molecule is CC(C)(Cc1ccc2c(c1)CCC=C2OS(=O)(=O)C(F)(F)F)C(=O)O. The Bertz CT molecular complexity index is 823. The first kappa shape index (κ1) is 19.3. The van der Waals surface area contributed by atoms with E-state index in [-0.39, 0.29) is 17.7 Å². The van der Waals surface area contributed by atoms with Gasteiger partial charge >= 0.3 is 21.6 Å². The van der Waals surface area contributed by atoms with E-state index in [4.69, 9.17) is 0 Å². The third kappa shape index (κ3) is 4.15. The summed E-state index contributed by atoms with van der Waals surface area (Å²) in [5, 5.41) is 9.18. The molecule has 25 heavy (non-hydrogen) atoms. The second-order valence-electron chi connectivity index (χ2n) is 6.45. The Hall–Kier alpha value is -2.03. The molecule has 138 valence electrons. The molecule has 1 aliphatic carbocycles. The number of alkyl halides is 3. The highest BCUT2D eigenvalue weighted by Gasteiger charge is 2.49. The van der Waals surface area contributed by atoms with Crippen LogP contribution in [0.15, 0.2) is 24.3 Å². The molecule has 9 heteroatoms. The van der Waals surface area contributed by atoms with Gasteiger partial charge in [0.25, 0.3) is 0 Å². The van der Waals surface area contributed by atoms with Crippen LogP contribution >= 0.6 is 0 Å². The quantitative estimate of drug-likeness (QED) is 0.627. The standard InChI is InChI=1S/C16H17F3O5S/c1-15(2,14(20)21)9-10-6-7-12-11(8-10)4-3-5-13(12)24-25(22,23)16(17,18)19/h5-8H,3-4,9H2,1-2H3,(H,20,21). The monoisotopic (exact) mass is 378 g/mol. The van der Waals surface area contributed by atoms with E-state index in [2.05, 4.69) is 4.18 Å². The maximum atomic E-state index is 12.5. The van der Waals surface area contributed by atoms with E-state index in [0.717, 1.165) is 0 Å². The smallest absolute Gasteiger partial charge is 0.481 e. The van der Waals surface area contributed by atoms with Crippen LogP contribution < -0.4 is 0 Å². The number of hydrogen-bond acceptors (Lipinski definition) is 4. The fourth-order valence-corrected chi connectivity index (χ4v) is 2.99. The minimum atomic E-state index is -5.74. The molecular formula is C16H17F3O5S. The third-order valence-electron chi connectivity index (χ3n) is 3.89. The van der Waals surface area contributed by atoms with Gasteiger partial charge in [-0.3, -0.25) is 4.79 Å². The van der Waals surface area contributed by atoms with Crippen LogP contribution in [0.4, 0.5) is 13.2 Å². The van der Waals surface area contributed by atoms with Crippen molar-refractivity contribution in [2.45, 2.75) is 38.6 Å². The Balaban J connectivity index is 2.31. The highest BCUT2D eigenvalue weighted by Crippen LogP contribution is 2.34. The van der Waals surface area contributed by atoms with Crippen LogP contribution in [-0.4, -0.2) is 25.0 Å². The maximum absolute atomic E-state index is 12.5. The lowest BCUT2D eigenvalue weighted by atomic mass is 9.84. The number of halogens is 3. The largest absolute Gasteiger partial charge is 0.534 e. The van der Waals surface area contributed by atoms with E-state index < -0.39 is 27.0 Å². The summed E-state index contributed by atoms with van der Waals surface area (Å²) in [6, 6.07) is 4.70. The topological polar surface area (TPSA) is 80.7 Å². The molecule has 1 N–H and O–H groups in total. The van der Waals surface area contributed by atoms with Crippen LogP contribution in [0.25, 0.3) is 5.76 Å². The van der Waals surface area contributed by atoms with Crippen molar-refractivity contribution in [1.29, 1.82) is 0 Å². The number of hydrogen-bond donors (Lipinski definition) is 1.